The zero-order chi connectivity index (χ0) is 14.2. The molecule has 8 heteroatoms. The topological polar surface area (TPSA) is 93.6 Å². The van der Waals surface area contributed by atoms with Crippen molar-refractivity contribution in [2.75, 3.05) is 17.1 Å². The van der Waals surface area contributed by atoms with E-state index >= 15 is 0 Å². The summed E-state index contributed by atoms with van der Waals surface area (Å²) < 4.78 is 1.12. The van der Waals surface area contributed by atoms with Gasteiger partial charge in [-0.3, -0.25) is 24.6 Å². The van der Waals surface area contributed by atoms with Crippen LogP contribution in [0, 0.1) is 0 Å². The third kappa shape index (κ3) is 2.24. The van der Waals surface area contributed by atoms with Crippen molar-refractivity contribution in [3.63, 3.8) is 0 Å². The van der Waals surface area contributed by atoms with Gasteiger partial charge in [0.15, 0.2) is 11.5 Å². The number of fused-ring (bicyclic) bond motifs is 1. The minimum atomic E-state index is -0.477. The third-order valence-corrected chi connectivity index (χ3v) is 3.19. The Morgan fingerprint density at radius 1 is 1.37 bits per heavy atom. The first-order chi connectivity index (χ1) is 8.97. The molecular weight excluding hydrogens is 250 g/mol. The molecule has 3 N–H and O–H groups in total. The minimum Gasteiger partial charge on any atom is -0.293 e. The van der Waals surface area contributed by atoms with Gasteiger partial charge in [-0.25, -0.2) is 15.3 Å². The summed E-state index contributed by atoms with van der Waals surface area (Å²) in [5.74, 6) is 0.267. The number of anilines is 2. The van der Waals surface area contributed by atoms with Crippen LogP contribution in [0.3, 0.4) is 0 Å². The Balaban J connectivity index is 2.59. The van der Waals surface area contributed by atoms with E-state index in [1.807, 2.05) is 6.92 Å². The molecule has 1 aliphatic rings. The van der Waals surface area contributed by atoms with Crippen molar-refractivity contribution in [1.29, 1.82) is 0 Å². The predicted molar refractivity (Wildman–Crippen MR) is 71.5 cm³/mol. The van der Waals surface area contributed by atoms with E-state index in [1.165, 1.54) is 5.01 Å². The molecule has 0 saturated heterocycles. The van der Waals surface area contributed by atoms with Crippen LogP contribution in [-0.4, -0.2) is 28.0 Å². The number of nitrogens with one attached hydrogen (secondary N) is 2. The van der Waals surface area contributed by atoms with Crippen LogP contribution >= 0.6 is 0 Å². The fraction of sp³-hybridized carbons (Fsp3) is 0.636. The Kier molecular flexibility index (Phi) is 3.63. The summed E-state index contributed by atoms with van der Waals surface area (Å²) in [6, 6.07) is 0. The number of hydrogen-bond donors (Lipinski definition) is 3. The monoisotopic (exact) mass is 269 g/mol. The molecule has 0 fully saturated rings. The van der Waals surface area contributed by atoms with Crippen LogP contribution in [0.25, 0.3) is 0 Å². The summed E-state index contributed by atoms with van der Waals surface area (Å²) in [4.78, 5) is 26.8. The van der Waals surface area contributed by atoms with Gasteiger partial charge in [0.2, 0.25) is 0 Å². The fourth-order valence-corrected chi connectivity index (χ4v) is 2.11. The number of aromatic nitrogens is 2. The first-order valence-corrected chi connectivity index (χ1v) is 6.32. The van der Waals surface area contributed by atoms with E-state index in [2.05, 4.69) is 10.4 Å². The van der Waals surface area contributed by atoms with Crippen LogP contribution in [0.1, 0.15) is 26.7 Å². The summed E-state index contributed by atoms with van der Waals surface area (Å²) in [7, 11) is 1.67. The summed E-state index contributed by atoms with van der Waals surface area (Å²) in [6.07, 6.45) is 1.16. The molecular formula is C11H19N5O3. The van der Waals surface area contributed by atoms with E-state index in [4.69, 9.17) is 0 Å². The first kappa shape index (κ1) is 13.6. The van der Waals surface area contributed by atoms with Crippen molar-refractivity contribution < 1.29 is 5.21 Å². The maximum atomic E-state index is 12.3. The maximum absolute atomic E-state index is 12.3. The number of hydrogen-bond acceptors (Lipinski definition) is 6. The lowest BCUT2D eigenvalue weighted by Gasteiger charge is -2.37. The van der Waals surface area contributed by atoms with Crippen LogP contribution in [-0.2, 0) is 6.54 Å². The van der Waals surface area contributed by atoms with Crippen LogP contribution in [0.15, 0.2) is 9.59 Å². The van der Waals surface area contributed by atoms with E-state index in [-0.39, 0.29) is 11.5 Å². The van der Waals surface area contributed by atoms with E-state index in [0.717, 1.165) is 22.5 Å². The number of hydroxylamine groups is 1. The lowest BCUT2D eigenvalue weighted by molar-refractivity contribution is 0.194. The molecule has 19 heavy (non-hydrogen) atoms. The minimum absolute atomic E-state index is 0.0875. The molecule has 0 bridgehead atoms. The summed E-state index contributed by atoms with van der Waals surface area (Å²) in [6.45, 7) is 4.04. The van der Waals surface area contributed by atoms with Gasteiger partial charge in [0.25, 0.3) is 5.56 Å². The van der Waals surface area contributed by atoms with Crippen molar-refractivity contribution in [2.24, 2.45) is 0 Å². The Bertz CT molecular complexity index is 579. The summed E-state index contributed by atoms with van der Waals surface area (Å²) in [5, 5.41) is 12.3. The Morgan fingerprint density at radius 2 is 2.05 bits per heavy atom. The summed E-state index contributed by atoms with van der Waals surface area (Å²) in [5.41, 5.74) is 2.04. The molecule has 106 valence electrons. The third-order valence-electron chi connectivity index (χ3n) is 3.19. The molecule has 1 unspecified atom stereocenters. The molecule has 0 spiro atoms. The molecule has 0 radical (unpaired) electrons. The number of rotatable bonds is 3. The molecule has 0 aliphatic carbocycles. The average molecular weight is 269 g/mol. The molecule has 1 aromatic rings. The van der Waals surface area contributed by atoms with Crippen LogP contribution in [0.5, 0.6) is 0 Å². The normalized spacial score (nSPS) is 18.6. The largest absolute Gasteiger partial charge is 0.330 e. The van der Waals surface area contributed by atoms with E-state index in [0.29, 0.717) is 6.54 Å². The molecule has 0 saturated carbocycles. The highest BCUT2D eigenvalue weighted by Gasteiger charge is 2.30. The second kappa shape index (κ2) is 5.06. The van der Waals surface area contributed by atoms with Gasteiger partial charge in [0.1, 0.15) is 6.17 Å². The smallest absolute Gasteiger partial charge is 0.293 e. The van der Waals surface area contributed by atoms with Crippen molar-refractivity contribution in [2.45, 2.75) is 39.4 Å². The zero-order valence-electron chi connectivity index (χ0n) is 11.3. The van der Waals surface area contributed by atoms with Gasteiger partial charge in [0.05, 0.1) is 0 Å². The Labute approximate surface area is 110 Å². The second-order valence-corrected chi connectivity index (χ2v) is 4.65. The first-order valence-electron chi connectivity index (χ1n) is 6.32. The highest BCUT2D eigenvalue weighted by Crippen LogP contribution is 2.24. The highest BCUT2D eigenvalue weighted by atomic mass is 16.5. The van der Waals surface area contributed by atoms with Gasteiger partial charge in [-0.05, 0) is 13.3 Å². The van der Waals surface area contributed by atoms with Crippen molar-refractivity contribution >= 4 is 11.5 Å². The lowest BCUT2D eigenvalue weighted by atomic mass is 10.3. The van der Waals surface area contributed by atoms with Gasteiger partial charge in [-0.15, -0.1) is 0 Å². The Hall–Kier alpha value is -1.80. The van der Waals surface area contributed by atoms with Gasteiger partial charge in [0, 0.05) is 13.6 Å². The van der Waals surface area contributed by atoms with E-state index in [9.17, 15) is 14.8 Å². The van der Waals surface area contributed by atoms with Crippen molar-refractivity contribution in [3.05, 3.63) is 20.8 Å². The molecule has 2 heterocycles. The second-order valence-electron chi connectivity index (χ2n) is 4.65. The molecule has 1 atom stereocenters. The quantitative estimate of drug-likeness (QED) is 0.705. The van der Waals surface area contributed by atoms with E-state index in [1.54, 1.807) is 14.0 Å². The van der Waals surface area contributed by atoms with Gasteiger partial charge < -0.3 is 0 Å². The molecule has 1 aliphatic heterocycles. The molecule has 2 rings (SSSR count). The van der Waals surface area contributed by atoms with Gasteiger partial charge in [-0.2, -0.15) is 0 Å². The van der Waals surface area contributed by atoms with Gasteiger partial charge >= 0.3 is 5.69 Å². The number of nitrogens with zero attached hydrogens (tertiary/aromatic N) is 3. The zero-order valence-corrected chi connectivity index (χ0v) is 11.3. The molecule has 8 nitrogen and oxygen atoms in total. The van der Waals surface area contributed by atoms with Crippen LogP contribution in [0.4, 0.5) is 11.5 Å². The lowest BCUT2D eigenvalue weighted by Crippen LogP contribution is -2.57. The highest BCUT2D eigenvalue weighted by molar-refractivity contribution is 5.65. The van der Waals surface area contributed by atoms with E-state index < -0.39 is 17.4 Å². The van der Waals surface area contributed by atoms with Crippen molar-refractivity contribution in [1.82, 2.24) is 15.0 Å². The standard InChI is InChI=1S/C11H19N5O3/c1-4-5-6-15-10(17)8-9(12-11(15)18)14(3)13-7(2)16(8)19/h7,13,19H,4-6H2,1-3H3,(H,12,18). The molecule has 0 amide bonds. The maximum Gasteiger partial charge on any atom is 0.330 e. The van der Waals surface area contributed by atoms with Crippen molar-refractivity contribution in [3.8, 4) is 0 Å². The summed E-state index contributed by atoms with van der Waals surface area (Å²) >= 11 is 0. The number of H-pyrrole nitrogens is 1. The Morgan fingerprint density at radius 3 is 2.68 bits per heavy atom. The fourth-order valence-electron chi connectivity index (χ4n) is 2.11. The van der Waals surface area contributed by atoms with Crippen LogP contribution < -0.4 is 26.7 Å². The SMILES string of the molecule is CCCCn1c(=O)[nH]c2c(c1=O)N(O)C(C)NN2C. The number of hydrazine groups is 1. The molecule has 1 aromatic heterocycles. The predicted octanol–water partition coefficient (Wildman–Crippen LogP) is -0.167. The van der Waals surface area contributed by atoms with Crippen LogP contribution in [0.2, 0.25) is 0 Å². The number of unbranched alkanes of at least 4 members (excludes halogenated alkanes) is 1. The van der Waals surface area contributed by atoms with Gasteiger partial charge in [-0.1, -0.05) is 13.3 Å². The average Bonchev–Trinajstić information content (AvgIpc) is 2.35. The molecule has 0 aromatic carbocycles. The number of aromatic amines is 1.